The molecule has 0 saturated carbocycles. The van der Waals surface area contributed by atoms with Crippen LogP contribution in [0.3, 0.4) is 0 Å². The molecule has 556 valence electrons. The van der Waals surface area contributed by atoms with Gasteiger partial charge in [-0.05, 0) is 151 Å². The Labute approximate surface area is 685 Å². The van der Waals surface area contributed by atoms with Gasteiger partial charge < -0.3 is 9.13 Å². The quantitative estimate of drug-likeness (QED) is 0.144. The summed E-state index contributed by atoms with van der Waals surface area (Å²) in [5, 5.41) is 16.4. The van der Waals surface area contributed by atoms with Gasteiger partial charge in [0.25, 0.3) is 0 Å². The van der Waals surface area contributed by atoms with Gasteiger partial charge in [-0.1, -0.05) is 329 Å². The highest BCUT2D eigenvalue weighted by atomic mass is 15.2. The molecule has 1 aliphatic rings. The van der Waals surface area contributed by atoms with Crippen LogP contribution >= 0.6 is 0 Å². The average molecular weight is 1520 g/mol. The zero-order chi connectivity index (χ0) is 78.6. The van der Waals surface area contributed by atoms with E-state index in [0.29, 0.717) is 11.9 Å². The number of nitrogens with zero attached hydrogens (tertiary/aromatic N) is 8. The summed E-state index contributed by atoms with van der Waals surface area (Å²) in [5.41, 5.74) is 29.7. The second-order valence-corrected chi connectivity index (χ2v) is 31.9. The van der Waals surface area contributed by atoms with Gasteiger partial charge >= 0.3 is 0 Å². The first-order chi connectivity index (χ1) is 58.8. The zero-order valence-electron chi connectivity index (χ0n) is 65.2. The van der Waals surface area contributed by atoms with E-state index in [-0.39, 0.29) is 5.41 Å². The predicted octanol–water partition coefficient (Wildman–Crippen LogP) is 28.6. The largest absolute Gasteiger partial charge is 0.309 e. The molecule has 0 spiro atoms. The van der Waals surface area contributed by atoms with Crippen LogP contribution in [0.1, 0.15) is 25.0 Å². The number of fused-ring (bicyclic) bond motifs is 21. The Morgan fingerprint density at radius 2 is 0.555 bits per heavy atom. The third-order valence-electron chi connectivity index (χ3n) is 25.0. The van der Waals surface area contributed by atoms with Gasteiger partial charge in [-0.15, -0.1) is 0 Å². The van der Waals surface area contributed by atoms with E-state index in [1.54, 1.807) is 0 Å². The van der Waals surface area contributed by atoms with Crippen LogP contribution in [0, 0.1) is 0 Å². The molecule has 1 aliphatic carbocycles. The molecule has 18 aromatic carbocycles. The fourth-order valence-electron chi connectivity index (χ4n) is 19.6. The lowest BCUT2D eigenvalue weighted by molar-refractivity contribution is 0.660. The number of hydrogen-bond donors (Lipinski definition) is 0. The van der Waals surface area contributed by atoms with Crippen LogP contribution < -0.4 is 0 Å². The molecule has 0 N–H and O–H groups in total. The number of rotatable bonds is 9. The van der Waals surface area contributed by atoms with Crippen LogP contribution in [0.15, 0.2) is 400 Å². The molecule has 0 aliphatic heterocycles. The lowest BCUT2D eigenvalue weighted by Crippen LogP contribution is -2.15. The van der Waals surface area contributed by atoms with E-state index in [0.717, 1.165) is 88.2 Å². The van der Waals surface area contributed by atoms with Crippen molar-refractivity contribution in [3.8, 4) is 90.3 Å². The van der Waals surface area contributed by atoms with E-state index >= 15 is 0 Å². The molecule has 0 fully saturated rings. The normalized spacial score (nSPS) is 12.5. The van der Waals surface area contributed by atoms with E-state index in [4.69, 9.17) is 19.9 Å². The molecule has 24 aromatic rings. The Kier molecular flexibility index (Phi) is 15.2. The van der Waals surface area contributed by atoms with Gasteiger partial charge in [0.05, 0.1) is 66.6 Å². The Bertz CT molecular complexity index is 8330. The maximum atomic E-state index is 5.39. The van der Waals surface area contributed by atoms with Crippen molar-refractivity contribution in [1.82, 2.24) is 38.2 Å². The smallest absolute Gasteiger partial charge is 0.235 e. The molecule has 0 unspecified atom stereocenters. The van der Waals surface area contributed by atoms with Gasteiger partial charge in [-0.3, -0.25) is 9.13 Å². The molecule has 119 heavy (non-hydrogen) atoms. The highest BCUT2D eigenvalue weighted by molar-refractivity contribution is 6.25. The second-order valence-electron chi connectivity index (χ2n) is 31.9. The van der Waals surface area contributed by atoms with Crippen LogP contribution in [0.2, 0.25) is 0 Å². The molecule has 8 heteroatoms. The van der Waals surface area contributed by atoms with Crippen molar-refractivity contribution in [3.63, 3.8) is 0 Å². The molecule has 6 heterocycles. The summed E-state index contributed by atoms with van der Waals surface area (Å²) < 4.78 is 9.46. The molecular weight excluding hydrogens is 1450 g/mol. The maximum absolute atomic E-state index is 5.39. The Morgan fingerprint density at radius 1 is 0.193 bits per heavy atom. The van der Waals surface area contributed by atoms with E-state index in [9.17, 15) is 0 Å². The standard InChI is InChI=1S/C57H38N4.C54H34N4/c1-57(2)48-24-12-8-19-39(48)40-31-29-37(33-49(40)57)60-51-26-14-10-20-41(51)43-30-28-36(32-53(43)60)46-34-47-42-21-11-15-27-52(42)61(55(47)44-22-7-6-18-38(44)46)56-58-50-25-13-9-23-45(50)54(59-56)35-16-4-3-5-17-35;1-3-16-35(17-4-1)37-20-15-21-39(32-37)57-49-28-13-10-23-41(49)43-31-30-38(33-51(43)57)46-34-47-42-24-11-14-29-50(42)58(53(47)44-25-8-7-22-40(44)46)54-55-48-27-12-9-26-45(48)52(56-54)36-18-5-2-6-19-36/h3-34H,1-2H3;1-34H. The van der Waals surface area contributed by atoms with Crippen molar-refractivity contribution in [3.05, 3.63) is 412 Å². The Hall–Kier alpha value is -15.6. The van der Waals surface area contributed by atoms with Gasteiger partial charge in [0.1, 0.15) is 0 Å². The van der Waals surface area contributed by atoms with Crippen molar-refractivity contribution in [2.45, 2.75) is 19.3 Å². The highest BCUT2D eigenvalue weighted by Gasteiger charge is 2.36. The minimum atomic E-state index is -0.0969. The van der Waals surface area contributed by atoms with E-state index in [1.165, 1.54) is 132 Å². The third kappa shape index (κ3) is 10.6. The summed E-state index contributed by atoms with van der Waals surface area (Å²) in [7, 11) is 0. The summed E-state index contributed by atoms with van der Waals surface area (Å²) in [4.78, 5) is 21.3. The van der Waals surface area contributed by atoms with Gasteiger partial charge in [-0.25, -0.2) is 19.9 Å². The summed E-state index contributed by atoms with van der Waals surface area (Å²) in [6.07, 6.45) is 0. The molecular formula is C111H72N8. The Balaban J connectivity index is 0.000000136. The number of para-hydroxylation sites is 6. The molecule has 0 radical (unpaired) electrons. The van der Waals surface area contributed by atoms with Crippen LogP contribution in [0.5, 0.6) is 0 Å². The van der Waals surface area contributed by atoms with Crippen LogP contribution in [0.25, 0.3) is 221 Å². The number of aromatic nitrogens is 8. The maximum Gasteiger partial charge on any atom is 0.235 e. The zero-order valence-corrected chi connectivity index (χ0v) is 65.2. The monoisotopic (exact) mass is 1520 g/mol. The van der Waals surface area contributed by atoms with Gasteiger partial charge in [-0.2, -0.15) is 0 Å². The molecule has 8 nitrogen and oxygen atoms in total. The van der Waals surface area contributed by atoms with E-state index < -0.39 is 0 Å². The topological polar surface area (TPSA) is 71.3 Å². The Morgan fingerprint density at radius 3 is 1.04 bits per heavy atom. The first-order valence-electron chi connectivity index (χ1n) is 40.8. The lowest BCUT2D eigenvalue weighted by atomic mass is 9.82. The van der Waals surface area contributed by atoms with Gasteiger partial charge in [0, 0.05) is 92.6 Å². The first-order valence-corrected chi connectivity index (χ1v) is 40.8. The molecule has 0 amide bonds. The summed E-state index contributed by atoms with van der Waals surface area (Å²) >= 11 is 0. The average Bonchev–Trinajstić information content (AvgIpc) is 1.57. The van der Waals surface area contributed by atoms with Crippen molar-refractivity contribution < 1.29 is 0 Å². The predicted molar refractivity (Wildman–Crippen MR) is 496 cm³/mol. The van der Waals surface area contributed by atoms with E-state index in [1.807, 2.05) is 6.07 Å². The van der Waals surface area contributed by atoms with Gasteiger partial charge in [0.15, 0.2) is 0 Å². The van der Waals surface area contributed by atoms with Crippen molar-refractivity contribution in [2.24, 2.45) is 0 Å². The molecule has 0 saturated heterocycles. The van der Waals surface area contributed by atoms with Crippen LogP contribution in [-0.4, -0.2) is 38.2 Å². The van der Waals surface area contributed by atoms with E-state index in [2.05, 4.69) is 426 Å². The highest BCUT2D eigenvalue weighted by Crippen LogP contribution is 2.51. The third-order valence-corrected chi connectivity index (χ3v) is 25.0. The van der Waals surface area contributed by atoms with Crippen molar-refractivity contribution in [1.29, 1.82) is 0 Å². The molecule has 0 bridgehead atoms. The molecule has 6 aromatic heterocycles. The van der Waals surface area contributed by atoms with Crippen molar-refractivity contribution in [2.75, 3.05) is 0 Å². The molecule has 0 atom stereocenters. The lowest BCUT2D eigenvalue weighted by Gasteiger charge is -2.22. The minimum absolute atomic E-state index is 0.0969. The summed E-state index contributed by atoms with van der Waals surface area (Å²) in [5.74, 6) is 1.32. The summed E-state index contributed by atoms with van der Waals surface area (Å²) in [6, 6.07) is 144. The number of hydrogen-bond acceptors (Lipinski definition) is 4. The number of benzene rings is 18. The van der Waals surface area contributed by atoms with Crippen LogP contribution in [0.4, 0.5) is 0 Å². The summed E-state index contributed by atoms with van der Waals surface area (Å²) in [6.45, 7) is 4.72. The van der Waals surface area contributed by atoms with Crippen molar-refractivity contribution >= 4 is 131 Å². The van der Waals surface area contributed by atoms with Crippen LogP contribution in [-0.2, 0) is 5.41 Å². The first kappa shape index (κ1) is 67.8. The SMILES string of the molecule is CC1(C)c2ccccc2-c2ccc(-n3c4ccccc4c4ccc(-c5cc6c7ccccc7n(-c7nc(-c8ccccc8)c8ccccc8n7)c6c6ccccc56)cc43)cc21.c1ccc(-c2cccc(-n3c4ccccc4c4ccc(-c5cc6c7ccccc7n(-c7nc(-c8ccccc8)c8ccccc8n7)c6c6ccccc56)cc43)c2)cc1. The fourth-order valence-corrected chi connectivity index (χ4v) is 19.6. The fraction of sp³-hybridized carbons (Fsp3) is 0.0270. The van der Waals surface area contributed by atoms with Gasteiger partial charge in [0.2, 0.25) is 11.9 Å². The second kappa shape index (κ2) is 26.7. The minimum Gasteiger partial charge on any atom is -0.309 e. The molecule has 25 rings (SSSR count).